The first kappa shape index (κ1) is 48.2. The third kappa shape index (κ3) is 8.79. The van der Waals surface area contributed by atoms with Gasteiger partial charge in [0.15, 0.2) is 11.4 Å². The van der Waals surface area contributed by atoms with E-state index in [1.807, 2.05) is 19.9 Å². The number of aliphatic hydroxyl groups excluding tert-OH is 2. The summed E-state index contributed by atoms with van der Waals surface area (Å²) < 4.78 is 11.5. The molecule has 1 aromatic carbocycles. The Morgan fingerprint density at radius 1 is 0.953 bits per heavy atom. The maximum Gasteiger partial charge on any atom is 0.331 e. The Kier molecular flexibility index (Phi) is 14.1. The van der Waals surface area contributed by atoms with Crippen LogP contribution in [0.2, 0.25) is 0 Å². The quantitative estimate of drug-likeness (QED) is 0.134. The lowest BCUT2D eigenvalue weighted by atomic mass is 9.44. The van der Waals surface area contributed by atoms with Gasteiger partial charge in [-0.1, -0.05) is 71.4 Å². The number of amides is 4. The lowest BCUT2D eigenvalue weighted by molar-refractivity contribution is -0.215. The molecule has 4 fully saturated rings. The Morgan fingerprint density at radius 2 is 1.64 bits per heavy atom. The molecule has 1 aromatic rings. The van der Waals surface area contributed by atoms with Gasteiger partial charge in [0.1, 0.15) is 24.2 Å². The average Bonchev–Trinajstić information content (AvgIpc) is 3.85. The van der Waals surface area contributed by atoms with Gasteiger partial charge in [0.25, 0.3) is 12.2 Å². The highest BCUT2D eigenvalue weighted by atomic mass is 16.6. The largest absolute Gasteiger partial charge is 0.450 e. The molecule has 6 rings (SSSR count). The summed E-state index contributed by atoms with van der Waals surface area (Å²) in [7, 11) is 0. The van der Waals surface area contributed by atoms with E-state index >= 15 is 0 Å². The van der Waals surface area contributed by atoms with E-state index in [4.69, 9.17) is 9.47 Å². The number of hydrogen-bond acceptors (Lipinski definition) is 12. The standard InChI is InChI=1S/C48H64N4O12/c1-9-36(55)64-48(20-18-32-31-22-26(4)33-23-30(53)17-19-46(33,7)37(31)35(54)24-47(32,48)8)39(56)45(62)63-44(61)38(25(2)3)51-42(59)34-16-13-21-52(34)43(60)28(6)50-40(57)27(5)49-41(58)29-14-11-10-12-15-29/h10-12,14-15,17,19,23,25-28,31-32,34-35,37-38,45,54,62H,9,13,16,18,20-22,24H2,1-8H3,(H,49,58)(H,50,57)(H,51,59)/t26-,27-,28-,31-,32-,34-,35-,37+,38-,45?,46-,47-,48-/m0/s1. The zero-order valence-corrected chi connectivity index (χ0v) is 38.1. The fourth-order valence-electron chi connectivity index (χ4n) is 11.7. The molecule has 0 radical (unpaired) electrons. The fourth-order valence-corrected chi connectivity index (χ4v) is 11.7. The van der Waals surface area contributed by atoms with Crippen LogP contribution < -0.4 is 16.0 Å². The van der Waals surface area contributed by atoms with Crippen molar-refractivity contribution in [1.29, 1.82) is 0 Å². The van der Waals surface area contributed by atoms with Crippen molar-refractivity contribution < 1.29 is 58.0 Å². The lowest BCUT2D eigenvalue weighted by Crippen LogP contribution is -2.64. The van der Waals surface area contributed by atoms with Crippen molar-refractivity contribution in [2.45, 2.75) is 142 Å². The van der Waals surface area contributed by atoms with Crippen LogP contribution in [-0.2, 0) is 43.0 Å². The predicted octanol–water partition coefficient (Wildman–Crippen LogP) is 3.09. The molecule has 0 aromatic heterocycles. The van der Waals surface area contributed by atoms with Crippen molar-refractivity contribution in [3.8, 4) is 0 Å². The first-order chi connectivity index (χ1) is 30.1. The summed E-state index contributed by atoms with van der Waals surface area (Å²) in [6.07, 6.45) is 3.42. The Hall–Kier alpha value is -5.22. The summed E-state index contributed by atoms with van der Waals surface area (Å²) in [5, 5.41) is 31.4. The Labute approximate surface area is 374 Å². The maximum atomic E-state index is 14.7. The molecule has 5 N–H and O–H groups in total. The van der Waals surface area contributed by atoms with Crippen LogP contribution in [-0.4, -0.2) is 111 Å². The predicted molar refractivity (Wildman–Crippen MR) is 231 cm³/mol. The Morgan fingerprint density at radius 3 is 2.30 bits per heavy atom. The van der Waals surface area contributed by atoms with E-state index in [2.05, 4.69) is 16.0 Å². The average molecular weight is 889 g/mol. The highest BCUT2D eigenvalue weighted by molar-refractivity contribution is 6.01. The van der Waals surface area contributed by atoms with E-state index in [1.165, 1.54) is 24.8 Å². The van der Waals surface area contributed by atoms with E-state index < -0.39 is 100 Å². The van der Waals surface area contributed by atoms with Crippen LogP contribution in [0.15, 0.2) is 54.1 Å². The molecular formula is C48H64N4O12. The zero-order chi connectivity index (χ0) is 47.1. The highest BCUT2D eigenvalue weighted by Gasteiger charge is 2.72. The number of allylic oxidation sites excluding steroid dienone is 4. The summed E-state index contributed by atoms with van der Waals surface area (Å²) in [4.78, 5) is 108. The normalized spacial score (nSPS) is 32.4. The monoisotopic (exact) mass is 888 g/mol. The Balaban J connectivity index is 1.13. The number of esters is 2. The van der Waals surface area contributed by atoms with Gasteiger partial charge >= 0.3 is 11.9 Å². The first-order valence-corrected chi connectivity index (χ1v) is 22.6. The van der Waals surface area contributed by atoms with E-state index in [0.717, 1.165) is 5.57 Å². The van der Waals surface area contributed by atoms with Crippen LogP contribution in [0, 0.1) is 40.4 Å². The van der Waals surface area contributed by atoms with Crippen LogP contribution in [0.5, 0.6) is 0 Å². The number of hydrogen-bond donors (Lipinski definition) is 5. The number of rotatable bonds is 14. The molecule has 13 atom stereocenters. The minimum atomic E-state index is -2.40. The summed E-state index contributed by atoms with van der Waals surface area (Å²) in [6, 6.07) is 3.90. The van der Waals surface area contributed by atoms with Crippen LogP contribution in [0.4, 0.5) is 0 Å². The van der Waals surface area contributed by atoms with Gasteiger partial charge in [0.05, 0.1) is 6.10 Å². The number of nitrogens with one attached hydrogen (secondary N) is 3. The highest BCUT2D eigenvalue weighted by Crippen LogP contribution is 2.68. The SMILES string of the molecule is CCC(=O)O[C@]1(C(=O)C(O)OC(=O)[C@@H](NC(=O)[C@@H]2CCCN2C(=O)[C@H](C)NC(=O)[C@H](C)NC(=O)c2ccccc2)C(C)C)CC[C@H]2[C@@H]3C[C@H](C)C4=CC(=O)C=C[C@]4(C)[C@H]3[C@@H](O)C[C@@]21C. The van der Waals surface area contributed by atoms with Crippen molar-refractivity contribution in [3.05, 3.63) is 59.7 Å². The van der Waals surface area contributed by atoms with Gasteiger partial charge in [-0.15, -0.1) is 0 Å². The molecule has 1 saturated heterocycles. The van der Waals surface area contributed by atoms with Gasteiger partial charge in [-0.2, -0.15) is 0 Å². The molecule has 3 saturated carbocycles. The summed E-state index contributed by atoms with van der Waals surface area (Å²) in [5.41, 5.74) is -2.44. The van der Waals surface area contributed by atoms with Crippen molar-refractivity contribution >= 4 is 47.1 Å². The van der Waals surface area contributed by atoms with Crippen molar-refractivity contribution in [3.63, 3.8) is 0 Å². The number of fused-ring (bicyclic) bond motifs is 5. The molecule has 348 valence electrons. The van der Waals surface area contributed by atoms with Gasteiger partial charge in [0, 0.05) is 35.3 Å². The number of carbonyl (C=O) groups is 8. The number of carbonyl (C=O) groups excluding carboxylic acids is 8. The van der Waals surface area contributed by atoms with Crippen molar-refractivity contribution in [2.75, 3.05) is 6.54 Å². The molecule has 16 nitrogen and oxygen atoms in total. The van der Waals surface area contributed by atoms with Gasteiger partial charge in [-0.3, -0.25) is 33.6 Å². The zero-order valence-electron chi connectivity index (χ0n) is 38.1. The summed E-state index contributed by atoms with van der Waals surface area (Å²) in [5.74, 6) is -6.57. The third-order valence-corrected chi connectivity index (χ3v) is 14.9. The Bertz CT molecular complexity index is 2100. The molecule has 0 spiro atoms. The molecule has 1 heterocycles. The molecular weight excluding hydrogens is 825 g/mol. The number of aliphatic hydroxyl groups is 2. The lowest BCUT2D eigenvalue weighted by Gasteiger charge is -2.61. The second-order valence-electron chi connectivity index (χ2n) is 19.3. The molecule has 1 aliphatic heterocycles. The molecule has 16 heteroatoms. The number of likely N-dealkylation sites (tertiary alicyclic amines) is 1. The van der Waals surface area contributed by atoms with Crippen LogP contribution in [0.25, 0.3) is 0 Å². The van der Waals surface area contributed by atoms with Gasteiger partial charge in [-0.05, 0) is 100 Å². The molecule has 4 amide bonds. The van der Waals surface area contributed by atoms with E-state index in [0.29, 0.717) is 24.8 Å². The molecule has 64 heavy (non-hydrogen) atoms. The van der Waals surface area contributed by atoms with Crippen molar-refractivity contribution in [2.24, 2.45) is 40.4 Å². The minimum Gasteiger partial charge on any atom is -0.450 e. The second kappa shape index (κ2) is 18.7. The molecule has 0 bridgehead atoms. The van der Waals surface area contributed by atoms with Crippen LogP contribution in [0.3, 0.4) is 0 Å². The van der Waals surface area contributed by atoms with Gasteiger partial charge in [0.2, 0.25) is 23.5 Å². The first-order valence-electron chi connectivity index (χ1n) is 22.6. The van der Waals surface area contributed by atoms with Crippen molar-refractivity contribution in [1.82, 2.24) is 20.9 Å². The maximum absolute atomic E-state index is 14.7. The van der Waals surface area contributed by atoms with Crippen LogP contribution >= 0.6 is 0 Å². The smallest absolute Gasteiger partial charge is 0.331 e. The molecule has 4 aliphatic carbocycles. The van der Waals surface area contributed by atoms with E-state index in [1.54, 1.807) is 64.1 Å². The van der Waals surface area contributed by atoms with Gasteiger partial charge < -0.3 is 40.5 Å². The fraction of sp³-hybridized carbons (Fsp3) is 0.625. The second-order valence-corrected chi connectivity index (χ2v) is 19.3. The number of benzene rings is 1. The van der Waals surface area contributed by atoms with E-state index in [-0.39, 0.29) is 61.7 Å². The number of nitrogens with zero attached hydrogens (tertiary/aromatic N) is 1. The number of ether oxygens (including phenoxy) is 2. The number of Topliss-reactive ketones (excluding diaryl/α,β-unsaturated/α-hetero) is 1. The third-order valence-electron chi connectivity index (χ3n) is 14.9. The molecule has 5 aliphatic rings. The van der Waals surface area contributed by atoms with E-state index in [9.17, 15) is 48.6 Å². The summed E-state index contributed by atoms with van der Waals surface area (Å²) in [6.45, 7) is 13.8. The molecule has 1 unspecified atom stereocenters. The topological polar surface area (TPSA) is 235 Å². The number of ketones is 2. The van der Waals surface area contributed by atoms with Crippen LogP contribution in [0.1, 0.15) is 111 Å². The van der Waals surface area contributed by atoms with Gasteiger partial charge in [-0.25, -0.2) is 4.79 Å². The minimum absolute atomic E-state index is 0.0122. The summed E-state index contributed by atoms with van der Waals surface area (Å²) >= 11 is 0.